The van der Waals surface area contributed by atoms with Gasteiger partial charge in [-0.1, -0.05) is 13.3 Å². The number of hydrogen-bond acceptors (Lipinski definition) is 8. The number of aliphatic hydroxyl groups is 2. The zero-order valence-electron chi connectivity index (χ0n) is 18.3. The molecule has 1 amide bonds. The van der Waals surface area contributed by atoms with Crippen molar-refractivity contribution in [3.05, 3.63) is 0 Å². The molecule has 9 atom stereocenters. The maximum absolute atomic E-state index is 15.0. The van der Waals surface area contributed by atoms with Crippen LogP contribution in [-0.4, -0.2) is 87.9 Å². The number of halogens is 2. The molecule has 2 heterocycles. The summed E-state index contributed by atoms with van der Waals surface area (Å²) in [5, 5.41) is 26.4. The minimum Gasteiger partial charge on any atom is -0.456 e. The van der Waals surface area contributed by atoms with Gasteiger partial charge in [0.1, 0.15) is 29.4 Å². The average Bonchev–Trinajstić information content (AvgIpc) is 2.69. The van der Waals surface area contributed by atoms with Crippen molar-refractivity contribution < 1.29 is 33.7 Å². The van der Waals surface area contributed by atoms with Gasteiger partial charge in [-0.2, -0.15) is 0 Å². The molecule has 11 heteroatoms. The second kappa shape index (κ2) is 11.5. The molecule has 31 heavy (non-hydrogen) atoms. The quantitative estimate of drug-likeness (QED) is 0.299. The van der Waals surface area contributed by atoms with E-state index in [0.29, 0.717) is 25.8 Å². The summed E-state index contributed by atoms with van der Waals surface area (Å²) in [6, 6.07) is -1.60. The van der Waals surface area contributed by atoms with Crippen LogP contribution in [0.15, 0.2) is 0 Å². The van der Waals surface area contributed by atoms with Crippen molar-refractivity contribution >= 4 is 35.2 Å². The lowest BCUT2D eigenvalue weighted by Gasteiger charge is -2.45. The van der Waals surface area contributed by atoms with Crippen molar-refractivity contribution in [3.8, 4) is 0 Å². The number of alkyl halides is 2. The van der Waals surface area contributed by atoms with Crippen LogP contribution in [0, 0.1) is 0 Å². The van der Waals surface area contributed by atoms with Crippen LogP contribution < -0.4 is 10.6 Å². The topological polar surface area (TPSA) is 117 Å². The second-order valence-electron chi connectivity index (χ2n) is 8.33. The Morgan fingerprint density at radius 1 is 1.42 bits per heavy atom. The third kappa shape index (κ3) is 6.68. The smallest absolute Gasteiger partial charge is 0.303 e. The SMILES string of the molecule is CCCC1(F)CCN[C@H](C(=O)N[C@@H]([C@H]2O[C@H](SC)[C@H](OC(C)=O)[C@@H](O)[C@H]2O)[C@H](C)Cl)C1. The van der Waals surface area contributed by atoms with Crippen LogP contribution in [0.25, 0.3) is 0 Å². The van der Waals surface area contributed by atoms with Crippen molar-refractivity contribution in [1.82, 2.24) is 10.6 Å². The molecule has 2 rings (SSSR count). The number of aliphatic hydroxyl groups excluding tert-OH is 2. The van der Waals surface area contributed by atoms with E-state index in [1.165, 1.54) is 18.7 Å². The molecule has 2 aliphatic heterocycles. The van der Waals surface area contributed by atoms with Crippen LogP contribution in [0.4, 0.5) is 4.39 Å². The molecule has 0 radical (unpaired) electrons. The first-order valence-electron chi connectivity index (χ1n) is 10.6. The third-order valence-electron chi connectivity index (χ3n) is 5.82. The van der Waals surface area contributed by atoms with Gasteiger partial charge in [-0.05, 0) is 32.6 Å². The molecule has 8 nitrogen and oxygen atoms in total. The van der Waals surface area contributed by atoms with E-state index < -0.39 is 64.9 Å². The average molecular weight is 485 g/mol. The third-order valence-corrected chi connectivity index (χ3v) is 6.94. The van der Waals surface area contributed by atoms with E-state index in [9.17, 15) is 19.8 Å². The molecule has 0 aromatic carbocycles. The van der Waals surface area contributed by atoms with Crippen molar-refractivity contribution in [2.45, 2.75) is 99.4 Å². The molecule has 4 N–H and O–H groups in total. The van der Waals surface area contributed by atoms with Crippen molar-refractivity contribution in [3.63, 3.8) is 0 Å². The van der Waals surface area contributed by atoms with Crippen molar-refractivity contribution in [1.29, 1.82) is 0 Å². The summed E-state index contributed by atoms with van der Waals surface area (Å²) in [6.07, 6.45) is -1.82. The number of carbonyl (C=O) groups excluding carboxylic acids is 2. The van der Waals surface area contributed by atoms with E-state index in [1.54, 1.807) is 13.2 Å². The van der Waals surface area contributed by atoms with Crippen molar-refractivity contribution in [2.24, 2.45) is 0 Å². The molecule has 0 spiro atoms. The van der Waals surface area contributed by atoms with E-state index >= 15 is 4.39 Å². The maximum atomic E-state index is 15.0. The normalized spacial score (nSPS) is 38.2. The lowest BCUT2D eigenvalue weighted by atomic mass is 9.85. The van der Waals surface area contributed by atoms with Gasteiger partial charge in [-0.15, -0.1) is 23.4 Å². The molecule has 0 saturated carbocycles. The summed E-state index contributed by atoms with van der Waals surface area (Å²) >= 11 is 7.51. The summed E-state index contributed by atoms with van der Waals surface area (Å²) in [4.78, 5) is 24.3. The van der Waals surface area contributed by atoms with Gasteiger partial charge in [0.25, 0.3) is 0 Å². The van der Waals surface area contributed by atoms with Crippen LogP contribution in [0.3, 0.4) is 0 Å². The predicted octanol–water partition coefficient (Wildman–Crippen LogP) is 1.10. The van der Waals surface area contributed by atoms with E-state index in [0.717, 1.165) is 0 Å². The lowest BCUT2D eigenvalue weighted by molar-refractivity contribution is -0.217. The number of nitrogens with one attached hydrogen (secondary N) is 2. The highest BCUT2D eigenvalue weighted by atomic mass is 35.5. The molecular weight excluding hydrogens is 451 g/mol. The predicted molar refractivity (Wildman–Crippen MR) is 117 cm³/mol. The Bertz CT molecular complexity index is 626. The zero-order valence-corrected chi connectivity index (χ0v) is 19.9. The van der Waals surface area contributed by atoms with Gasteiger partial charge in [0.05, 0.1) is 17.5 Å². The van der Waals surface area contributed by atoms with Gasteiger partial charge in [0, 0.05) is 13.3 Å². The highest BCUT2D eigenvalue weighted by Gasteiger charge is 2.50. The van der Waals surface area contributed by atoms with Gasteiger partial charge in [-0.25, -0.2) is 4.39 Å². The summed E-state index contributed by atoms with van der Waals surface area (Å²) in [5.41, 5.74) is -2.17. The number of ether oxygens (including phenoxy) is 2. The van der Waals surface area contributed by atoms with Gasteiger partial charge in [-0.3, -0.25) is 9.59 Å². The van der Waals surface area contributed by atoms with Crippen LogP contribution in [0.1, 0.15) is 46.5 Å². The first kappa shape index (κ1) is 26.6. The Hall–Kier alpha value is -0.650. The minimum absolute atomic E-state index is 0.0503. The van der Waals surface area contributed by atoms with Gasteiger partial charge < -0.3 is 30.3 Å². The van der Waals surface area contributed by atoms with E-state index in [1.807, 2.05) is 6.92 Å². The zero-order chi connectivity index (χ0) is 23.3. The highest BCUT2D eigenvalue weighted by Crippen LogP contribution is 2.33. The van der Waals surface area contributed by atoms with Gasteiger partial charge in [0.15, 0.2) is 6.10 Å². The van der Waals surface area contributed by atoms with Crippen LogP contribution in [0.5, 0.6) is 0 Å². The monoisotopic (exact) mass is 484 g/mol. The van der Waals surface area contributed by atoms with E-state index in [2.05, 4.69) is 10.6 Å². The lowest BCUT2D eigenvalue weighted by Crippen LogP contribution is -2.66. The molecule has 2 aliphatic rings. The summed E-state index contributed by atoms with van der Waals surface area (Å²) in [6.45, 7) is 5.12. The molecular formula is C20H34ClFN2O6S. The minimum atomic E-state index is -1.46. The Kier molecular flexibility index (Phi) is 9.84. The van der Waals surface area contributed by atoms with Crippen LogP contribution in [-0.2, 0) is 19.1 Å². The summed E-state index contributed by atoms with van der Waals surface area (Å²) in [5.74, 6) is -1.05. The number of amides is 1. The molecule has 2 saturated heterocycles. The van der Waals surface area contributed by atoms with E-state index in [4.69, 9.17) is 21.1 Å². The van der Waals surface area contributed by atoms with Crippen molar-refractivity contribution in [2.75, 3.05) is 12.8 Å². The molecule has 0 aromatic rings. The molecule has 0 aromatic heterocycles. The molecule has 0 bridgehead atoms. The first-order valence-corrected chi connectivity index (χ1v) is 12.3. The molecule has 1 unspecified atom stereocenters. The van der Waals surface area contributed by atoms with Crippen LogP contribution in [0.2, 0.25) is 0 Å². The number of esters is 1. The number of thioether (sulfide) groups is 1. The number of carbonyl (C=O) groups is 2. The standard InChI is InChI=1S/C20H34ClFN2O6S/c1-5-6-20(22)7-8-23-12(9-20)18(28)24-13(10(2)21)16-14(26)15(27)17(29-11(3)25)19(30-16)31-4/h10,12-17,19,23,26-27H,5-9H2,1-4H3,(H,24,28)/t10-,12-,13+,14+,15-,16+,17+,19+,20?/m0/s1. The first-order chi connectivity index (χ1) is 14.5. The Morgan fingerprint density at radius 2 is 2.10 bits per heavy atom. The number of hydrogen-bond donors (Lipinski definition) is 4. The fourth-order valence-corrected chi connectivity index (χ4v) is 5.19. The van der Waals surface area contributed by atoms with Gasteiger partial charge >= 0.3 is 5.97 Å². The molecule has 2 fully saturated rings. The molecule has 180 valence electrons. The van der Waals surface area contributed by atoms with Gasteiger partial charge in [0.2, 0.25) is 5.91 Å². The maximum Gasteiger partial charge on any atom is 0.303 e. The Balaban J connectivity index is 2.14. The Labute approximate surface area is 191 Å². The largest absolute Gasteiger partial charge is 0.456 e. The summed E-state index contributed by atoms with van der Waals surface area (Å²) < 4.78 is 26.0. The van der Waals surface area contributed by atoms with Crippen LogP contribution >= 0.6 is 23.4 Å². The Morgan fingerprint density at radius 3 is 2.65 bits per heavy atom. The molecule has 0 aliphatic carbocycles. The number of piperidine rings is 1. The fourth-order valence-electron chi connectivity index (χ4n) is 4.26. The fraction of sp³-hybridized carbons (Fsp3) is 0.900. The van der Waals surface area contributed by atoms with E-state index in [-0.39, 0.29) is 6.42 Å². The highest BCUT2D eigenvalue weighted by molar-refractivity contribution is 7.99. The second-order valence-corrected chi connectivity index (χ2v) is 9.96. The summed E-state index contributed by atoms with van der Waals surface area (Å²) in [7, 11) is 0. The number of rotatable bonds is 8.